The number of nitrogens with one attached hydrogen (secondary N) is 1. The highest BCUT2D eigenvalue weighted by Crippen LogP contribution is 2.28. The topological polar surface area (TPSA) is 86.8 Å². The fourth-order valence-electron chi connectivity index (χ4n) is 2.99. The largest absolute Gasteiger partial charge is 0.355 e. The van der Waals surface area contributed by atoms with Crippen molar-refractivity contribution < 1.29 is 18.0 Å². The Hall–Kier alpha value is -1.81. The van der Waals surface area contributed by atoms with Crippen LogP contribution in [0, 0.1) is 0 Å². The van der Waals surface area contributed by atoms with E-state index in [9.17, 15) is 18.0 Å². The number of benzene rings is 2. The zero-order valence-electron chi connectivity index (χ0n) is 17.8. The van der Waals surface area contributed by atoms with Gasteiger partial charge in [-0.25, -0.2) is 8.42 Å². The molecule has 2 amide bonds. The number of anilines is 1. The van der Waals surface area contributed by atoms with E-state index in [1.165, 1.54) is 4.90 Å². The lowest BCUT2D eigenvalue weighted by Gasteiger charge is -2.31. The third-order valence-electron chi connectivity index (χ3n) is 4.67. The molecular formula is C21H24BrCl2N3O4S. The minimum absolute atomic E-state index is 0.000692. The molecule has 0 saturated carbocycles. The molecule has 1 N–H and O–H groups in total. The van der Waals surface area contributed by atoms with Crippen LogP contribution in [0.15, 0.2) is 46.9 Å². The van der Waals surface area contributed by atoms with Crippen LogP contribution in [-0.2, 0) is 26.2 Å². The Labute approximate surface area is 206 Å². The van der Waals surface area contributed by atoms with E-state index in [-0.39, 0.29) is 12.5 Å². The first-order valence-corrected chi connectivity index (χ1v) is 13.1. The normalized spacial score (nSPS) is 12.2. The van der Waals surface area contributed by atoms with Crippen molar-refractivity contribution in [2.45, 2.75) is 26.4 Å². The number of amides is 2. The average Bonchev–Trinajstić information content (AvgIpc) is 2.71. The van der Waals surface area contributed by atoms with Crippen LogP contribution >= 0.6 is 39.1 Å². The molecule has 0 aliphatic heterocycles. The van der Waals surface area contributed by atoms with Gasteiger partial charge in [0.05, 0.1) is 11.9 Å². The molecule has 0 saturated heterocycles. The molecule has 0 aliphatic carbocycles. The third-order valence-corrected chi connectivity index (χ3v) is 7.06. The van der Waals surface area contributed by atoms with Crippen molar-refractivity contribution in [2.24, 2.45) is 0 Å². The summed E-state index contributed by atoms with van der Waals surface area (Å²) in [7, 11) is -3.80. The molecule has 7 nitrogen and oxygen atoms in total. The van der Waals surface area contributed by atoms with E-state index in [2.05, 4.69) is 21.2 Å². The monoisotopic (exact) mass is 563 g/mol. The van der Waals surface area contributed by atoms with E-state index in [4.69, 9.17) is 23.2 Å². The number of rotatable bonds is 9. The summed E-state index contributed by atoms with van der Waals surface area (Å²) in [6, 6.07) is 10.7. The fourth-order valence-corrected chi connectivity index (χ4v) is 4.93. The van der Waals surface area contributed by atoms with Gasteiger partial charge in [0.15, 0.2) is 0 Å². The Kier molecular flexibility index (Phi) is 9.39. The minimum Gasteiger partial charge on any atom is -0.355 e. The third kappa shape index (κ3) is 6.84. The second kappa shape index (κ2) is 11.4. The lowest BCUT2D eigenvalue weighted by atomic mass is 10.1. The van der Waals surface area contributed by atoms with Gasteiger partial charge in [-0.3, -0.25) is 13.9 Å². The van der Waals surface area contributed by atoms with Crippen LogP contribution in [0.1, 0.15) is 19.4 Å². The SMILES string of the molecule is CCNC(=O)[C@@H](C)N(Cc1ccc(Cl)cc1Cl)C(=O)CN(c1ccccc1Br)S(C)(=O)=O. The summed E-state index contributed by atoms with van der Waals surface area (Å²) < 4.78 is 26.6. The minimum atomic E-state index is -3.80. The Morgan fingerprint density at radius 1 is 1.16 bits per heavy atom. The van der Waals surface area contributed by atoms with Crippen LogP contribution in [0.4, 0.5) is 5.69 Å². The van der Waals surface area contributed by atoms with Gasteiger partial charge in [0.25, 0.3) is 0 Å². The van der Waals surface area contributed by atoms with Crippen LogP contribution in [0.25, 0.3) is 0 Å². The van der Waals surface area contributed by atoms with Crippen LogP contribution in [0.2, 0.25) is 10.0 Å². The number of likely N-dealkylation sites (N-methyl/N-ethyl adjacent to an activating group) is 1. The maximum absolute atomic E-state index is 13.4. The van der Waals surface area contributed by atoms with E-state index in [1.54, 1.807) is 56.3 Å². The molecule has 0 aromatic heterocycles. The van der Waals surface area contributed by atoms with Gasteiger partial charge >= 0.3 is 0 Å². The Morgan fingerprint density at radius 2 is 1.81 bits per heavy atom. The summed E-state index contributed by atoms with van der Waals surface area (Å²) in [5.41, 5.74) is 0.894. The molecule has 0 unspecified atom stereocenters. The van der Waals surface area contributed by atoms with Crippen molar-refractivity contribution >= 4 is 66.7 Å². The van der Waals surface area contributed by atoms with E-state index < -0.39 is 28.5 Å². The number of hydrogen-bond acceptors (Lipinski definition) is 4. The van der Waals surface area contributed by atoms with Crippen LogP contribution in [0.5, 0.6) is 0 Å². The quantitative estimate of drug-likeness (QED) is 0.497. The summed E-state index contributed by atoms with van der Waals surface area (Å²) in [6.45, 7) is 3.25. The Bertz CT molecular complexity index is 1100. The molecule has 0 radical (unpaired) electrons. The second-order valence-corrected chi connectivity index (χ2v) is 10.7. The number of halogens is 3. The number of sulfonamides is 1. The Balaban J connectivity index is 2.43. The molecule has 0 bridgehead atoms. The lowest BCUT2D eigenvalue weighted by Crippen LogP contribution is -2.51. The van der Waals surface area contributed by atoms with Crippen molar-refractivity contribution in [1.29, 1.82) is 0 Å². The summed E-state index contributed by atoms with van der Waals surface area (Å²) >= 11 is 15.6. The number of carbonyl (C=O) groups is 2. The van der Waals surface area contributed by atoms with E-state index >= 15 is 0 Å². The average molecular weight is 565 g/mol. The summed E-state index contributed by atoms with van der Waals surface area (Å²) in [6.07, 6.45) is 1.02. The van der Waals surface area contributed by atoms with Gasteiger partial charge in [-0.05, 0) is 59.6 Å². The smallest absolute Gasteiger partial charge is 0.244 e. The lowest BCUT2D eigenvalue weighted by molar-refractivity contribution is -0.139. The van der Waals surface area contributed by atoms with Crippen molar-refractivity contribution in [3.63, 3.8) is 0 Å². The molecule has 2 rings (SSSR count). The number of para-hydroxylation sites is 1. The van der Waals surface area contributed by atoms with E-state index in [0.717, 1.165) is 10.6 Å². The van der Waals surface area contributed by atoms with Crippen LogP contribution < -0.4 is 9.62 Å². The second-order valence-electron chi connectivity index (χ2n) is 7.05. The standard InChI is InChI=1S/C21H24BrCl2N3O4S/c1-4-25-21(29)14(2)26(12-15-9-10-16(23)11-18(15)24)20(28)13-27(32(3,30)31)19-8-6-5-7-17(19)22/h5-11,14H,4,12-13H2,1-3H3,(H,25,29)/t14-/m1/s1. The van der Waals surface area contributed by atoms with Crippen molar-refractivity contribution in [2.75, 3.05) is 23.7 Å². The summed E-state index contributed by atoms with van der Waals surface area (Å²) in [5.74, 6) is -0.923. The summed E-state index contributed by atoms with van der Waals surface area (Å²) in [4.78, 5) is 27.2. The van der Waals surface area contributed by atoms with Crippen LogP contribution in [0.3, 0.4) is 0 Å². The predicted molar refractivity (Wildman–Crippen MR) is 131 cm³/mol. The molecule has 0 aliphatic rings. The number of hydrogen-bond donors (Lipinski definition) is 1. The number of nitrogens with zero attached hydrogens (tertiary/aromatic N) is 2. The van der Waals surface area contributed by atoms with Gasteiger partial charge in [0.1, 0.15) is 12.6 Å². The maximum Gasteiger partial charge on any atom is 0.244 e. The molecule has 2 aromatic carbocycles. The molecule has 32 heavy (non-hydrogen) atoms. The Morgan fingerprint density at radius 3 is 2.38 bits per heavy atom. The van der Waals surface area contributed by atoms with Gasteiger partial charge in [-0.2, -0.15) is 0 Å². The highest BCUT2D eigenvalue weighted by atomic mass is 79.9. The van der Waals surface area contributed by atoms with Gasteiger partial charge in [0.2, 0.25) is 21.8 Å². The highest BCUT2D eigenvalue weighted by Gasteiger charge is 2.30. The first kappa shape index (κ1) is 26.4. The van der Waals surface area contributed by atoms with Gasteiger partial charge in [-0.15, -0.1) is 0 Å². The van der Waals surface area contributed by atoms with E-state index in [1.807, 2.05) is 0 Å². The van der Waals surface area contributed by atoms with Crippen molar-refractivity contribution in [3.05, 3.63) is 62.5 Å². The molecule has 11 heteroatoms. The fraction of sp³-hybridized carbons (Fsp3) is 0.333. The molecule has 0 spiro atoms. The zero-order chi connectivity index (χ0) is 24.1. The van der Waals surface area contributed by atoms with Gasteiger partial charge < -0.3 is 10.2 Å². The van der Waals surface area contributed by atoms with Crippen molar-refractivity contribution in [1.82, 2.24) is 10.2 Å². The maximum atomic E-state index is 13.4. The van der Waals surface area contributed by atoms with Gasteiger partial charge in [0, 0.05) is 27.6 Å². The first-order valence-electron chi connectivity index (χ1n) is 9.69. The molecule has 0 heterocycles. The van der Waals surface area contributed by atoms with E-state index in [0.29, 0.717) is 32.3 Å². The molecular weight excluding hydrogens is 541 g/mol. The molecule has 2 aromatic rings. The first-order chi connectivity index (χ1) is 15.0. The number of carbonyl (C=O) groups excluding carboxylic acids is 2. The molecule has 174 valence electrons. The van der Waals surface area contributed by atoms with Crippen molar-refractivity contribution in [3.8, 4) is 0 Å². The molecule has 1 atom stereocenters. The van der Waals surface area contributed by atoms with Gasteiger partial charge in [-0.1, -0.05) is 41.4 Å². The zero-order valence-corrected chi connectivity index (χ0v) is 21.7. The highest BCUT2D eigenvalue weighted by molar-refractivity contribution is 9.10. The summed E-state index contributed by atoms with van der Waals surface area (Å²) in [5, 5.41) is 3.46. The predicted octanol–water partition coefficient (Wildman–Crippen LogP) is 4.08. The van der Waals surface area contributed by atoms with Crippen LogP contribution in [-0.4, -0.2) is 50.5 Å². The molecule has 0 fully saturated rings.